The summed E-state index contributed by atoms with van der Waals surface area (Å²) in [7, 11) is 1.92. The normalized spacial score (nSPS) is 12.4. The number of nitrogens with one attached hydrogen (secondary N) is 1. The molecule has 2 nitrogen and oxygen atoms in total. The van der Waals surface area contributed by atoms with E-state index in [4.69, 9.17) is 11.6 Å². The van der Waals surface area contributed by atoms with Crippen molar-refractivity contribution >= 4 is 27.5 Å². The Balaban J connectivity index is 2.48. The monoisotopic (exact) mass is 324 g/mol. The molecule has 0 saturated heterocycles. The van der Waals surface area contributed by atoms with E-state index in [1.807, 2.05) is 44.6 Å². The molecule has 94 valence electrons. The lowest BCUT2D eigenvalue weighted by Gasteiger charge is -2.19. The van der Waals surface area contributed by atoms with Gasteiger partial charge in [0.25, 0.3) is 0 Å². The van der Waals surface area contributed by atoms with Crippen LogP contribution in [0.25, 0.3) is 0 Å². The van der Waals surface area contributed by atoms with Gasteiger partial charge in [0.05, 0.1) is 6.04 Å². The van der Waals surface area contributed by atoms with Crippen molar-refractivity contribution in [2.75, 3.05) is 7.05 Å². The third-order valence-electron chi connectivity index (χ3n) is 2.79. The summed E-state index contributed by atoms with van der Waals surface area (Å²) in [6.07, 6.45) is 3.71. The molecular formula is C14H14BrClN2. The van der Waals surface area contributed by atoms with Gasteiger partial charge in [-0.3, -0.25) is 4.98 Å². The summed E-state index contributed by atoms with van der Waals surface area (Å²) in [4.78, 5) is 4.24. The van der Waals surface area contributed by atoms with Crippen LogP contribution in [-0.2, 0) is 0 Å². The van der Waals surface area contributed by atoms with E-state index < -0.39 is 0 Å². The summed E-state index contributed by atoms with van der Waals surface area (Å²) in [5.74, 6) is 0. The number of benzene rings is 1. The maximum atomic E-state index is 6.28. The fraction of sp³-hybridized carbons (Fsp3) is 0.214. The summed E-state index contributed by atoms with van der Waals surface area (Å²) in [5, 5.41) is 4.03. The number of aromatic nitrogens is 1. The summed E-state index contributed by atoms with van der Waals surface area (Å²) < 4.78 is 1.02. The molecule has 1 atom stereocenters. The molecule has 0 radical (unpaired) electrons. The van der Waals surface area contributed by atoms with E-state index in [9.17, 15) is 0 Å². The first-order chi connectivity index (χ1) is 8.61. The van der Waals surface area contributed by atoms with E-state index in [0.29, 0.717) is 0 Å². The Labute approximate surface area is 121 Å². The maximum Gasteiger partial charge on any atom is 0.0604 e. The van der Waals surface area contributed by atoms with Crippen LogP contribution in [0.5, 0.6) is 0 Å². The maximum absolute atomic E-state index is 6.28. The third kappa shape index (κ3) is 2.91. The number of nitrogens with zero attached hydrogens (tertiary/aromatic N) is 1. The van der Waals surface area contributed by atoms with Gasteiger partial charge >= 0.3 is 0 Å². The van der Waals surface area contributed by atoms with Gasteiger partial charge in [0, 0.05) is 21.9 Å². The molecule has 0 bridgehead atoms. The molecule has 1 aromatic heterocycles. The highest BCUT2D eigenvalue weighted by Gasteiger charge is 2.16. The van der Waals surface area contributed by atoms with Crippen LogP contribution in [-0.4, -0.2) is 12.0 Å². The van der Waals surface area contributed by atoms with Gasteiger partial charge < -0.3 is 5.32 Å². The first kappa shape index (κ1) is 13.5. The van der Waals surface area contributed by atoms with E-state index in [0.717, 1.165) is 26.2 Å². The molecule has 0 amide bonds. The SMILES string of the molecule is CNC(c1cncc(C)c1)c1cc(Br)ccc1Cl. The second-order valence-electron chi connectivity index (χ2n) is 4.18. The fourth-order valence-electron chi connectivity index (χ4n) is 1.97. The number of hydrogen-bond donors (Lipinski definition) is 1. The highest BCUT2D eigenvalue weighted by atomic mass is 79.9. The molecule has 0 aliphatic carbocycles. The number of rotatable bonds is 3. The van der Waals surface area contributed by atoms with Crippen molar-refractivity contribution in [3.63, 3.8) is 0 Å². The summed E-state index contributed by atoms with van der Waals surface area (Å²) >= 11 is 9.76. The predicted molar refractivity (Wildman–Crippen MR) is 79.0 cm³/mol. The molecule has 0 aliphatic heterocycles. The minimum atomic E-state index is 0.0439. The van der Waals surface area contributed by atoms with Gasteiger partial charge in [0.2, 0.25) is 0 Å². The molecular weight excluding hydrogens is 312 g/mol. The number of aryl methyl sites for hydroxylation is 1. The Morgan fingerprint density at radius 2 is 2.06 bits per heavy atom. The lowest BCUT2D eigenvalue weighted by molar-refractivity contribution is 0.688. The molecule has 4 heteroatoms. The minimum absolute atomic E-state index is 0.0439. The van der Waals surface area contributed by atoms with Crippen LogP contribution in [0.1, 0.15) is 22.7 Å². The second kappa shape index (κ2) is 5.83. The Hall–Kier alpha value is -0.900. The van der Waals surface area contributed by atoms with E-state index in [1.54, 1.807) is 0 Å². The van der Waals surface area contributed by atoms with Crippen molar-refractivity contribution in [2.24, 2.45) is 0 Å². The number of pyridine rings is 1. The molecule has 0 spiro atoms. The van der Waals surface area contributed by atoms with E-state index in [1.165, 1.54) is 0 Å². The standard InChI is InChI=1S/C14H14BrClN2/c1-9-5-10(8-18-7-9)14(17-2)12-6-11(15)3-4-13(12)16/h3-8,14,17H,1-2H3. The van der Waals surface area contributed by atoms with Gasteiger partial charge in [0.15, 0.2) is 0 Å². The largest absolute Gasteiger partial charge is 0.309 e. The van der Waals surface area contributed by atoms with Crippen molar-refractivity contribution in [3.05, 3.63) is 62.8 Å². The van der Waals surface area contributed by atoms with Crippen molar-refractivity contribution in [2.45, 2.75) is 13.0 Å². The van der Waals surface area contributed by atoms with Gasteiger partial charge in [-0.2, -0.15) is 0 Å². The molecule has 1 N–H and O–H groups in total. The zero-order chi connectivity index (χ0) is 13.1. The highest BCUT2D eigenvalue weighted by molar-refractivity contribution is 9.10. The van der Waals surface area contributed by atoms with Gasteiger partial charge in [-0.15, -0.1) is 0 Å². The van der Waals surface area contributed by atoms with E-state index in [2.05, 4.69) is 32.3 Å². The van der Waals surface area contributed by atoms with Gasteiger partial charge in [0.1, 0.15) is 0 Å². The second-order valence-corrected chi connectivity index (χ2v) is 5.51. The van der Waals surface area contributed by atoms with Crippen LogP contribution >= 0.6 is 27.5 Å². The summed E-state index contributed by atoms with van der Waals surface area (Å²) in [5.41, 5.74) is 3.29. The van der Waals surface area contributed by atoms with Gasteiger partial charge in [-0.05, 0) is 48.9 Å². The van der Waals surface area contributed by atoms with E-state index in [-0.39, 0.29) is 6.04 Å². The quantitative estimate of drug-likeness (QED) is 0.918. The summed E-state index contributed by atoms with van der Waals surface area (Å²) in [6, 6.07) is 8.03. The smallest absolute Gasteiger partial charge is 0.0604 e. The van der Waals surface area contributed by atoms with Crippen LogP contribution in [0.3, 0.4) is 0 Å². The Morgan fingerprint density at radius 1 is 1.28 bits per heavy atom. The van der Waals surface area contributed by atoms with Crippen molar-refractivity contribution < 1.29 is 0 Å². The fourth-order valence-corrected chi connectivity index (χ4v) is 2.58. The minimum Gasteiger partial charge on any atom is -0.309 e. The first-order valence-electron chi connectivity index (χ1n) is 5.65. The zero-order valence-electron chi connectivity index (χ0n) is 10.2. The lowest BCUT2D eigenvalue weighted by atomic mass is 9.99. The molecule has 0 saturated carbocycles. The van der Waals surface area contributed by atoms with Crippen molar-refractivity contribution in [1.82, 2.24) is 10.3 Å². The molecule has 0 aliphatic rings. The van der Waals surface area contributed by atoms with Crippen molar-refractivity contribution in [1.29, 1.82) is 0 Å². The van der Waals surface area contributed by atoms with Crippen LogP contribution < -0.4 is 5.32 Å². The van der Waals surface area contributed by atoms with Crippen LogP contribution in [0.15, 0.2) is 41.1 Å². The van der Waals surface area contributed by atoms with Crippen molar-refractivity contribution in [3.8, 4) is 0 Å². The highest BCUT2D eigenvalue weighted by Crippen LogP contribution is 2.30. The van der Waals surface area contributed by atoms with Crippen LogP contribution in [0.4, 0.5) is 0 Å². The third-order valence-corrected chi connectivity index (χ3v) is 3.62. The molecule has 1 aromatic carbocycles. The van der Waals surface area contributed by atoms with Gasteiger partial charge in [-0.25, -0.2) is 0 Å². The Kier molecular flexibility index (Phi) is 4.38. The average Bonchev–Trinajstić information content (AvgIpc) is 2.35. The first-order valence-corrected chi connectivity index (χ1v) is 6.82. The zero-order valence-corrected chi connectivity index (χ0v) is 12.6. The lowest BCUT2D eigenvalue weighted by Crippen LogP contribution is -2.18. The molecule has 2 rings (SSSR count). The molecule has 18 heavy (non-hydrogen) atoms. The Bertz CT molecular complexity index is 557. The van der Waals surface area contributed by atoms with Gasteiger partial charge in [-0.1, -0.05) is 33.6 Å². The molecule has 1 unspecified atom stereocenters. The van der Waals surface area contributed by atoms with E-state index >= 15 is 0 Å². The average molecular weight is 326 g/mol. The van der Waals surface area contributed by atoms with Crippen LogP contribution in [0, 0.1) is 6.92 Å². The Morgan fingerprint density at radius 3 is 2.72 bits per heavy atom. The van der Waals surface area contributed by atoms with Crippen LogP contribution in [0.2, 0.25) is 5.02 Å². The topological polar surface area (TPSA) is 24.9 Å². The summed E-state index contributed by atoms with van der Waals surface area (Å²) in [6.45, 7) is 2.03. The molecule has 1 heterocycles. The molecule has 0 fully saturated rings. The number of halogens is 2. The molecule has 2 aromatic rings. The predicted octanol–water partition coefficient (Wildman–Crippen LogP) is 4.11. The number of hydrogen-bond acceptors (Lipinski definition) is 2.